The van der Waals surface area contributed by atoms with Gasteiger partial charge in [-0.05, 0) is 25.0 Å². The minimum atomic E-state index is -0.811. The van der Waals surface area contributed by atoms with Crippen molar-refractivity contribution in [2.24, 2.45) is 5.73 Å². The Morgan fingerprint density at radius 2 is 1.77 bits per heavy atom. The van der Waals surface area contributed by atoms with E-state index in [4.69, 9.17) is 24.7 Å². The third-order valence-electron chi connectivity index (χ3n) is 6.20. The predicted octanol–water partition coefficient (Wildman–Crippen LogP) is 3.64. The van der Waals surface area contributed by atoms with E-state index in [1.165, 1.54) is 21.3 Å². The van der Waals surface area contributed by atoms with Crippen LogP contribution in [0.25, 0.3) is 0 Å². The molecular weight excluding hydrogens is 446 g/mol. The van der Waals surface area contributed by atoms with Crippen molar-refractivity contribution in [2.75, 3.05) is 21.3 Å². The number of rotatable bonds is 7. The summed E-state index contributed by atoms with van der Waals surface area (Å²) in [5.74, 6) is 0.619. The van der Waals surface area contributed by atoms with Gasteiger partial charge in [-0.3, -0.25) is 4.79 Å². The molecule has 0 saturated carbocycles. The van der Waals surface area contributed by atoms with Crippen molar-refractivity contribution in [2.45, 2.75) is 25.8 Å². The Hall–Kier alpha value is -4.38. The van der Waals surface area contributed by atoms with Gasteiger partial charge in [0.25, 0.3) is 5.56 Å². The molecule has 0 saturated heterocycles. The molecule has 1 aromatic heterocycles. The second kappa shape index (κ2) is 9.85. The standard InChI is InChI=1S/C27H27N3O5/c1-16-14-21-23(27(31)30(16)13-12-17-8-6-5-7-9-17)22(19(15-28)26(29)35-21)18-10-11-20(32-2)25(34-4)24(18)33-3/h5-11,14,22H,12-13,29H2,1-4H3/t22-/m1/s1. The highest BCUT2D eigenvalue weighted by atomic mass is 16.5. The van der Waals surface area contributed by atoms with Crippen LogP contribution < -0.4 is 30.2 Å². The molecule has 35 heavy (non-hydrogen) atoms. The lowest BCUT2D eigenvalue weighted by Crippen LogP contribution is -2.33. The molecule has 1 atom stereocenters. The summed E-state index contributed by atoms with van der Waals surface area (Å²) in [6.45, 7) is 2.32. The number of fused-ring (bicyclic) bond motifs is 1. The van der Waals surface area contributed by atoms with Gasteiger partial charge in [0.2, 0.25) is 11.6 Å². The first-order valence-electron chi connectivity index (χ1n) is 11.1. The summed E-state index contributed by atoms with van der Waals surface area (Å²) >= 11 is 0. The molecular formula is C27H27N3O5. The van der Waals surface area contributed by atoms with Crippen LogP contribution in [-0.2, 0) is 13.0 Å². The van der Waals surface area contributed by atoms with Crippen molar-refractivity contribution in [3.8, 4) is 29.1 Å². The van der Waals surface area contributed by atoms with Crippen LogP contribution >= 0.6 is 0 Å². The first-order chi connectivity index (χ1) is 16.9. The van der Waals surface area contributed by atoms with Crippen LogP contribution in [0.1, 0.15) is 28.3 Å². The molecule has 1 aliphatic heterocycles. The molecule has 8 nitrogen and oxygen atoms in total. The van der Waals surface area contributed by atoms with Crippen molar-refractivity contribution in [1.82, 2.24) is 4.57 Å². The number of nitriles is 1. The molecule has 8 heteroatoms. The van der Waals surface area contributed by atoms with E-state index in [9.17, 15) is 10.1 Å². The molecule has 0 bridgehead atoms. The Morgan fingerprint density at radius 1 is 1.06 bits per heavy atom. The number of nitrogens with zero attached hydrogens (tertiary/aromatic N) is 2. The zero-order chi connectivity index (χ0) is 25.1. The summed E-state index contributed by atoms with van der Waals surface area (Å²) < 4.78 is 24.1. The average molecular weight is 474 g/mol. The van der Waals surface area contributed by atoms with E-state index < -0.39 is 5.92 Å². The Labute approximate surface area is 203 Å². The first-order valence-corrected chi connectivity index (χ1v) is 11.1. The van der Waals surface area contributed by atoms with E-state index >= 15 is 0 Å². The molecule has 2 N–H and O–H groups in total. The number of methoxy groups -OCH3 is 3. The number of aryl methyl sites for hydroxylation is 2. The fourth-order valence-electron chi connectivity index (χ4n) is 4.51. The molecule has 3 aromatic rings. The molecule has 2 aromatic carbocycles. The van der Waals surface area contributed by atoms with Gasteiger partial charge in [0.1, 0.15) is 17.4 Å². The van der Waals surface area contributed by atoms with Gasteiger partial charge in [-0.25, -0.2) is 0 Å². The number of ether oxygens (including phenoxy) is 4. The van der Waals surface area contributed by atoms with Crippen LogP contribution in [0.5, 0.6) is 23.0 Å². The van der Waals surface area contributed by atoms with E-state index in [0.29, 0.717) is 47.1 Å². The minimum Gasteiger partial charge on any atom is -0.493 e. The van der Waals surface area contributed by atoms with E-state index in [2.05, 4.69) is 6.07 Å². The third-order valence-corrected chi connectivity index (χ3v) is 6.20. The lowest BCUT2D eigenvalue weighted by atomic mass is 9.83. The van der Waals surface area contributed by atoms with Gasteiger partial charge in [-0.2, -0.15) is 5.26 Å². The molecule has 0 unspecified atom stereocenters. The number of allylic oxidation sites excluding steroid dienone is 1. The van der Waals surface area contributed by atoms with Crippen LogP contribution in [0.2, 0.25) is 0 Å². The summed E-state index contributed by atoms with van der Waals surface area (Å²) in [5.41, 5.74) is 8.74. The molecule has 1 aliphatic rings. The summed E-state index contributed by atoms with van der Waals surface area (Å²) in [6, 6.07) is 17.3. The second-order valence-corrected chi connectivity index (χ2v) is 8.10. The lowest BCUT2D eigenvalue weighted by Gasteiger charge is -2.29. The SMILES string of the molecule is COc1ccc([C@@H]2C(C#N)=C(N)Oc3cc(C)n(CCc4ccccc4)c(=O)c32)c(OC)c1OC. The monoisotopic (exact) mass is 473 g/mol. The number of pyridine rings is 1. The maximum absolute atomic E-state index is 13.9. The van der Waals surface area contributed by atoms with Gasteiger partial charge in [0.15, 0.2) is 11.5 Å². The Morgan fingerprint density at radius 3 is 2.40 bits per heavy atom. The molecule has 0 radical (unpaired) electrons. The van der Waals surface area contributed by atoms with Crippen LogP contribution in [0.15, 0.2) is 64.8 Å². The number of aromatic nitrogens is 1. The van der Waals surface area contributed by atoms with Crippen molar-refractivity contribution in [3.63, 3.8) is 0 Å². The Kier molecular flexibility index (Phi) is 6.69. The molecule has 4 rings (SSSR count). The topological polar surface area (TPSA) is 109 Å². The summed E-state index contributed by atoms with van der Waals surface area (Å²) in [4.78, 5) is 13.9. The number of nitrogens with two attached hydrogens (primary N) is 1. The average Bonchev–Trinajstić information content (AvgIpc) is 2.87. The fraction of sp³-hybridized carbons (Fsp3) is 0.259. The van der Waals surface area contributed by atoms with Gasteiger partial charge >= 0.3 is 0 Å². The van der Waals surface area contributed by atoms with Crippen LogP contribution in [0.3, 0.4) is 0 Å². The number of hydrogen-bond donors (Lipinski definition) is 1. The van der Waals surface area contributed by atoms with Crippen molar-refractivity contribution in [3.05, 3.63) is 92.7 Å². The highest BCUT2D eigenvalue weighted by Crippen LogP contribution is 2.48. The minimum absolute atomic E-state index is 0.0531. The largest absolute Gasteiger partial charge is 0.493 e. The van der Waals surface area contributed by atoms with Crippen LogP contribution in [0.4, 0.5) is 0 Å². The normalized spacial score (nSPS) is 14.5. The molecule has 0 aliphatic carbocycles. The van der Waals surface area contributed by atoms with E-state index in [0.717, 1.165) is 11.3 Å². The van der Waals surface area contributed by atoms with E-state index in [-0.39, 0.29) is 17.0 Å². The number of benzene rings is 2. The fourth-order valence-corrected chi connectivity index (χ4v) is 4.51. The molecule has 0 amide bonds. The number of hydrogen-bond acceptors (Lipinski definition) is 7. The highest BCUT2D eigenvalue weighted by Gasteiger charge is 2.37. The lowest BCUT2D eigenvalue weighted by molar-refractivity contribution is 0.321. The molecule has 180 valence electrons. The van der Waals surface area contributed by atoms with Crippen molar-refractivity contribution in [1.29, 1.82) is 5.26 Å². The zero-order valence-electron chi connectivity index (χ0n) is 20.1. The van der Waals surface area contributed by atoms with Crippen LogP contribution in [-0.4, -0.2) is 25.9 Å². The Balaban J connectivity index is 1.92. The highest BCUT2D eigenvalue weighted by molar-refractivity contribution is 5.64. The van der Waals surface area contributed by atoms with E-state index in [1.807, 2.05) is 37.3 Å². The zero-order valence-corrected chi connectivity index (χ0v) is 20.1. The van der Waals surface area contributed by atoms with E-state index in [1.54, 1.807) is 22.8 Å². The van der Waals surface area contributed by atoms with Crippen molar-refractivity contribution >= 4 is 0 Å². The Bertz CT molecular complexity index is 1390. The van der Waals surface area contributed by atoms with Gasteiger partial charge in [-0.1, -0.05) is 36.4 Å². The predicted molar refractivity (Wildman–Crippen MR) is 131 cm³/mol. The third kappa shape index (κ3) is 4.17. The molecule has 2 heterocycles. The summed E-state index contributed by atoms with van der Waals surface area (Å²) in [5, 5.41) is 10.0. The molecule has 0 spiro atoms. The first kappa shape index (κ1) is 23.8. The van der Waals surface area contributed by atoms with Crippen molar-refractivity contribution < 1.29 is 18.9 Å². The second-order valence-electron chi connectivity index (χ2n) is 8.10. The van der Waals surface area contributed by atoms with Crippen LogP contribution in [0, 0.1) is 18.3 Å². The van der Waals surface area contributed by atoms with Gasteiger partial charge in [-0.15, -0.1) is 0 Å². The quantitative estimate of drug-likeness (QED) is 0.558. The van der Waals surface area contributed by atoms with Gasteiger partial charge in [0, 0.05) is 23.9 Å². The maximum Gasteiger partial charge on any atom is 0.258 e. The smallest absolute Gasteiger partial charge is 0.258 e. The molecule has 0 fully saturated rings. The summed E-state index contributed by atoms with van der Waals surface area (Å²) in [7, 11) is 4.51. The maximum atomic E-state index is 13.9. The van der Waals surface area contributed by atoms with Gasteiger partial charge in [0.05, 0.1) is 32.8 Å². The summed E-state index contributed by atoms with van der Waals surface area (Å²) in [6.07, 6.45) is 0.675. The van der Waals surface area contributed by atoms with Gasteiger partial charge < -0.3 is 29.2 Å².